The number of hydrogen-bond donors (Lipinski definition) is 1. The molecule has 0 radical (unpaired) electrons. The highest BCUT2D eigenvalue weighted by atomic mass is 16.7. The Bertz CT molecular complexity index is 721. The van der Waals surface area contributed by atoms with Crippen molar-refractivity contribution in [2.45, 2.75) is 81.9 Å². The van der Waals surface area contributed by atoms with Crippen LogP contribution in [-0.4, -0.2) is 59.9 Å². The summed E-state index contributed by atoms with van der Waals surface area (Å²) in [6, 6.07) is 9.81. The Balaban J connectivity index is 1.47. The van der Waals surface area contributed by atoms with Gasteiger partial charge in [-0.1, -0.05) is 30.3 Å². The Morgan fingerprint density at radius 1 is 1.21 bits per heavy atom. The van der Waals surface area contributed by atoms with Gasteiger partial charge in [0, 0.05) is 18.4 Å². The molecule has 7 atom stereocenters. The molecule has 160 valence electrons. The summed E-state index contributed by atoms with van der Waals surface area (Å²) in [5.74, 6) is -0.373. The minimum absolute atomic E-state index is 0.0120. The molecule has 3 saturated heterocycles. The molecule has 29 heavy (non-hydrogen) atoms. The van der Waals surface area contributed by atoms with Gasteiger partial charge in [0.15, 0.2) is 6.29 Å². The lowest BCUT2D eigenvalue weighted by Crippen LogP contribution is -2.67. The van der Waals surface area contributed by atoms with Crippen molar-refractivity contribution in [1.82, 2.24) is 0 Å². The predicted molar refractivity (Wildman–Crippen MR) is 103 cm³/mol. The number of ether oxygens (including phenoxy) is 5. The maximum atomic E-state index is 12.0. The van der Waals surface area contributed by atoms with Crippen LogP contribution in [-0.2, 0) is 28.5 Å². The van der Waals surface area contributed by atoms with E-state index < -0.39 is 23.6 Å². The van der Waals surface area contributed by atoms with E-state index in [-0.39, 0.29) is 30.7 Å². The highest BCUT2D eigenvalue weighted by Crippen LogP contribution is 2.47. The van der Waals surface area contributed by atoms with E-state index in [1.54, 1.807) is 13.8 Å². The summed E-state index contributed by atoms with van der Waals surface area (Å²) in [5, 5.41) is 11.0. The van der Waals surface area contributed by atoms with Crippen LogP contribution in [0.1, 0.15) is 51.9 Å². The molecule has 0 aromatic heterocycles. The van der Waals surface area contributed by atoms with Crippen molar-refractivity contribution < 1.29 is 33.6 Å². The highest BCUT2D eigenvalue weighted by molar-refractivity contribution is 5.70. The summed E-state index contributed by atoms with van der Waals surface area (Å²) in [5.41, 5.74) is -0.914. The first-order chi connectivity index (χ1) is 13.8. The third-order valence-corrected chi connectivity index (χ3v) is 6.13. The maximum absolute atomic E-state index is 12.0. The lowest BCUT2D eigenvalue weighted by atomic mass is 9.74. The number of esters is 1. The van der Waals surface area contributed by atoms with Crippen LogP contribution < -0.4 is 0 Å². The van der Waals surface area contributed by atoms with E-state index in [9.17, 15) is 9.90 Å². The van der Waals surface area contributed by atoms with Gasteiger partial charge in [0.05, 0.1) is 49.1 Å². The van der Waals surface area contributed by atoms with Crippen LogP contribution in [0.3, 0.4) is 0 Å². The molecule has 7 nitrogen and oxygen atoms in total. The van der Waals surface area contributed by atoms with Crippen LogP contribution in [0.5, 0.6) is 0 Å². The molecule has 1 aromatic carbocycles. The topological polar surface area (TPSA) is 83.5 Å². The number of rotatable bonds is 4. The van der Waals surface area contributed by atoms with E-state index in [2.05, 4.69) is 0 Å². The Kier molecular flexibility index (Phi) is 5.70. The van der Waals surface area contributed by atoms with Crippen LogP contribution in [0.15, 0.2) is 30.3 Å². The van der Waals surface area contributed by atoms with Gasteiger partial charge in [-0.2, -0.15) is 0 Å². The lowest BCUT2D eigenvalue weighted by molar-refractivity contribution is -0.354. The Morgan fingerprint density at radius 2 is 1.97 bits per heavy atom. The standard InChI is InChI=1S/C22H30O7/c1-4-25-19(23)11-17-21(2,24)13-22(3)18(28-17)10-15-16(29-22)12-26-20(27-15)14-8-6-5-7-9-14/h5-9,15-18,20,24H,4,10-13H2,1-3H3/t15-,16+,17-,18+,20+,21+,22-/m0/s1. The van der Waals surface area contributed by atoms with Gasteiger partial charge in [0.1, 0.15) is 6.10 Å². The fraction of sp³-hybridized carbons (Fsp3) is 0.682. The zero-order chi connectivity index (χ0) is 20.6. The monoisotopic (exact) mass is 406 g/mol. The second-order valence-corrected chi connectivity index (χ2v) is 8.61. The molecule has 3 aliphatic rings. The van der Waals surface area contributed by atoms with E-state index in [0.717, 1.165) is 5.56 Å². The van der Waals surface area contributed by atoms with Crippen molar-refractivity contribution in [3.8, 4) is 0 Å². The second-order valence-electron chi connectivity index (χ2n) is 8.61. The van der Waals surface area contributed by atoms with Crippen LogP contribution in [0.25, 0.3) is 0 Å². The molecule has 7 heteroatoms. The van der Waals surface area contributed by atoms with Crippen LogP contribution in [0.4, 0.5) is 0 Å². The number of carbonyl (C=O) groups excluding carboxylic acids is 1. The largest absolute Gasteiger partial charge is 0.466 e. The van der Waals surface area contributed by atoms with Crippen molar-refractivity contribution in [2.24, 2.45) is 0 Å². The van der Waals surface area contributed by atoms with E-state index in [0.29, 0.717) is 26.1 Å². The zero-order valence-electron chi connectivity index (χ0n) is 17.2. The molecule has 0 aliphatic carbocycles. The van der Waals surface area contributed by atoms with Gasteiger partial charge in [-0.15, -0.1) is 0 Å². The van der Waals surface area contributed by atoms with Gasteiger partial charge in [0.25, 0.3) is 0 Å². The molecule has 0 amide bonds. The van der Waals surface area contributed by atoms with E-state index in [1.807, 2.05) is 37.3 Å². The molecule has 0 unspecified atom stereocenters. The molecule has 4 rings (SSSR count). The molecule has 3 aliphatic heterocycles. The molecule has 3 heterocycles. The highest BCUT2D eigenvalue weighted by Gasteiger charge is 2.57. The predicted octanol–water partition coefficient (Wildman–Crippen LogP) is 2.51. The zero-order valence-corrected chi connectivity index (χ0v) is 17.2. The summed E-state index contributed by atoms with van der Waals surface area (Å²) < 4.78 is 29.7. The minimum Gasteiger partial charge on any atom is -0.466 e. The molecule has 0 bridgehead atoms. The molecule has 3 fully saturated rings. The van der Waals surface area contributed by atoms with Gasteiger partial charge in [-0.25, -0.2) is 0 Å². The summed E-state index contributed by atoms with van der Waals surface area (Å²) in [6.07, 6.45) is -0.799. The van der Waals surface area contributed by atoms with Crippen LogP contribution in [0, 0.1) is 0 Å². The number of benzene rings is 1. The Hall–Kier alpha value is -1.51. The van der Waals surface area contributed by atoms with Crippen molar-refractivity contribution in [2.75, 3.05) is 13.2 Å². The third kappa shape index (κ3) is 4.20. The molecular formula is C22H30O7. The summed E-state index contributed by atoms with van der Waals surface area (Å²) in [7, 11) is 0. The van der Waals surface area contributed by atoms with Crippen LogP contribution >= 0.6 is 0 Å². The molecule has 0 spiro atoms. The van der Waals surface area contributed by atoms with Gasteiger partial charge < -0.3 is 28.8 Å². The Morgan fingerprint density at radius 3 is 2.69 bits per heavy atom. The van der Waals surface area contributed by atoms with Crippen molar-refractivity contribution in [1.29, 1.82) is 0 Å². The fourth-order valence-corrected chi connectivity index (χ4v) is 4.72. The quantitative estimate of drug-likeness (QED) is 0.769. The maximum Gasteiger partial charge on any atom is 0.308 e. The van der Waals surface area contributed by atoms with Gasteiger partial charge in [-0.05, 0) is 20.8 Å². The average Bonchev–Trinajstić information content (AvgIpc) is 2.67. The van der Waals surface area contributed by atoms with Crippen LogP contribution in [0.2, 0.25) is 0 Å². The first kappa shape index (κ1) is 20.8. The third-order valence-electron chi connectivity index (χ3n) is 6.13. The first-order valence-electron chi connectivity index (χ1n) is 10.3. The summed E-state index contributed by atoms with van der Waals surface area (Å²) >= 11 is 0. The molecule has 1 N–H and O–H groups in total. The number of hydrogen-bond acceptors (Lipinski definition) is 7. The smallest absolute Gasteiger partial charge is 0.308 e. The van der Waals surface area contributed by atoms with E-state index in [1.165, 1.54) is 0 Å². The molecule has 0 saturated carbocycles. The van der Waals surface area contributed by atoms with Crippen molar-refractivity contribution in [3.63, 3.8) is 0 Å². The van der Waals surface area contributed by atoms with Gasteiger partial charge in [-0.3, -0.25) is 4.79 Å². The normalized spacial score (nSPS) is 41.9. The number of carbonyl (C=O) groups is 1. The number of aliphatic hydroxyl groups is 1. The van der Waals surface area contributed by atoms with Crippen molar-refractivity contribution in [3.05, 3.63) is 35.9 Å². The van der Waals surface area contributed by atoms with Gasteiger partial charge >= 0.3 is 5.97 Å². The van der Waals surface area contributed by atoms with Crippen molar-refractivity contribution >= 4 is 5.97 Å². The summed E-state index contributed by atoms with van der Waals surface area (Å²) in [4.78, 5) is 12.0. The number of fused-ring (bicyclic) bond motifs is 2. The average molecular weight is 406 g/mol. The van der Waals surface area contributed by atoms with Gasteiger partial charge in [0.2, 0.25) is 0 Å². The van der Waals surface area contributed by atoms with E-state index in [4.69, 9.17) is 23.7 Å². The molecule has 1 aromatic rings. The minimum atomic E-state index is -1.20. The first-order valence-corrected chi connectivity index (χ1v) is 10.3. The SMILES string of the molecule is CCOC(=O)C[C@@H]1O[C@@H]2C[C@@H]3O[C@H](c4ccccc4)OC[C@H]3O[C@@]2(C)C[C@@]1(C)O. The second kappa shape index (κ2) is 7.96. The molecular weight excluding hydrogens is 376 g/mol. The summed E-state index contributed by atoms with van der Waals surface area (Å²) in [6.45, 7) is 6.12. The van der Waals surface area contributed by atoms with E-state index >= 15 is 0 Å². The lowest BCUT2D eigenvalue weighted by Gasteiger charge is -2.56. The fourth-order valence-electron chi connectivity index (χ4n) is 4.72. The Labute approximate surface area is 171 Å².